The maximum atomic E-state index is 11.6. The minimum absolute atomic E-state index is 0.0604. The minimum Gasteiger partial charge on any atom is -0.337 e. The molecule has 0 aliphatic heterocycles. The van der Waals surface area contributed by atoms with E-state index in [2.05, 4.69) is 20.8 Å². The topological polar surface area (TPSA) is 66.9 Å². The van der Waals surface area contributed by atoms with E-state index in [4.69, 9.17) is 23.2 Å². The molecular formula is C15H16Cl2N4O. The molecule has 1 heterocycles. The lowest BCUT2D eigenvalue weighted by Gasteiger charge is -2.08. The molecule has 0 atom stereocenters. The summed E-state index contributed by atoms with van der Waals surface area (Å²) in [6.45, 7) is 2.04. The predicted octanol–water partition coefficient (Wildman–Crippen LogP) is 4.66. The number of nitrogens with one attached hydrogen (secondary N) is 2. The number of aromatic nitrogens is 2. The number of halogens is 2. The Balaban J connectivity index is 2.00. The summed E-state index contributed by atoms with van der Waals surface area (Å²) >= 11 is 12.0. The Bertz CT molecular complexity index is 646. The van der Waals surface area contributed by atoms with Gasteiger partial charge in [0.1, 0.15) is 0 Å². The lowest BCUT2D eigenvalue weighted by atomic mass is 10.2. The monoisotopic (exact) mass is 338 g/mol. The van der Waals surface area contributed by atoms with Crippen molar-refractivity contribution >= 4 is 46.4 Å². The van der Waals surface area contributed by atoms with Crippen LogP contribution in [0, 0.1) is 0 Å². The minimum atomic E-state index is -0.0604. The summed E-state index contributed by atoms with van der Waals surface area (Å²) in [6.07, 6.45) is 2.31. The first-order valence-corrected chi connectivity index (χ1v) is 7.69. The molecule has 0 unspecified atom stereocenters. The molecule has 0 saturated carbocycles. The summed E-state index contributed by atoms with van der Waals surface area (Å²) in [7, 11) is 0. The van der Waals surface area contributed by atoms with Crippen molar-refractivity contribution in [1.82, 2.24) is 10.2 Å². The van der Waals surface area contributed by atoms with Gasteiger partial charge in [-0.15, -0.1) is 10.2 Å². The van der Waals surface area contributed by atoms with Crippen LogP contribution in [0.3, 0.4) is 0 Å². The highest BCUT2D eigenvalue weighted by Gasteiger charge is 2.06. The Hall–Kier alpha value is -1.85. The lowest BCUT2D eigenvalue weighted by Crippen LogP contribution is -2.12. The summed E-state index contributed by atoms with van der Waals surface area (Å²) in [5, 5.41) is 14.8. The second kappa shape index (κ2) is 7.96. The molecule has 0 bridgehead atoms. The Labute approximate surface area is 139 Å². The van der Waals surface area contributed by atoms with Gasteiger partial charge < -0.3 is 10.6 Å². The maximum absolute atomic E-state index is 11.6. The Morgan fingerprint density at radius 1 is 1.14 bits per heavy atom. The number of nitrogens with zero attached hydrogens (tertiary/aromatic N) is 2. The van der Waals surface area contributed by atoms with Crippen LogP contribution >= 0.6 is 23.2 Å². The first-order valence-electron chi connectivity index (χ1n) is 6.94. The quantitative estimate of drug-likeness (QED) is 0.803. The zero-order chi connectivity index (χ0) is 15.9. The average molecular weight is 339 g/mol. The largest absolute Gasteiger partial charge is 0.337 e. The number of hydrogen-bond donors (Lipinski definition) is 2. The molecule has 5 nitrogen and oxygen atoms in total. The molecule has 22 heavy (non-hydrogen) atoms. The Kier molecular flexibility index (Phi) is 5.98. The van der Waals surface area contributed by atoms with Gasteiger partial charge in [0.15, 0.2) is 11.6 Å². The van der Waals surface area contributed by atoms with E-state index in [-0.39, 0.29) is 5.91 Å². The number of carbonyl (C=O) groups is 1. The molecule has 0 radical (unpaired) electrons. The Morgan fingerprint density at radius 2 is 1.86 bits per heavy atom. The molecular weight excluding hydrogens is 323 g/mol. The standard InChI is InChI=1S/C15H16Cl2N4O/c1-2-3-4-15(22)19-14-8-7-13(20-21-14)18-12-9-10(16)5-6-11(12)17/h5-9H,2-4H2,1H3,(H,18,20)(H,19,21,22). The van der Waals surface area contributed by atoms with E-state index >= 15 is 0 Å². The maximum Gasteiger partial charge on any atom is 0.225 e. The van der Waals surface area contributed by atoms with E-state index in [1.807, 2.05) is 6.92 Å². The Morgan fingerprint density at radius 3 is 2.55 bits per heavy atom. The molecule has 2 rings (SSSR count). The third-order valence-corrected chi connectivity index (χ3v) is 3.45. The molecule has 1 amide bonds. The number of benzene rings is 1. The van der Waals surface area contributed by atoms with Gasteiger partial charge in [-0.1, -0.05) is 36.5 Å². The van der Waals surface area contributed by atoms with E-state index in [1.54, 1.807) is 30.3 Å². The van der Waals surface area contributed by atoms with Gasteiger partial charge in [-0.3, -0.25) is 4.79 Å². The third-order valence-electron chi connectivity index (χ3n) is 2.88. The van der Waals surface area contributed by atoms with Crippen molar-refractivity contribution in [2.45, 2.75) is 26.2 Å². The molecule has 1 aromatic carbocycles. The second-order valence-corrected chi connectivity index (χ2v) is 5.55. The van der Waals surface area contributed by atoms with Crippen molar-refractivity contribution in [2.75, 3.05) is 10.6 Å². The van der Waals surface area contributed by atoms with E-state index < -0.39 is 0 Å². The summed E-state index contributed by atoms with van der Waals surface area (Å²) in [5.41, 5.74) is 0.642. The van der Waals surface area contributed by atoms with Gasteiger partial charge >= 0.3 is 0 Å². The van der Waals surface area contributed by atoms with Crippen molar-refractivity contribution < 1.29 is 4.79 Å². The van der Waals surface area contributed by atoms with Gasteiger partial charge in [0.05, 0.1) is 10.7 Å². The summed E-state index contributed by atoms with van der Waals surface area (Å²) in [5.74, 6) is 0.870. The number of unbranched alkanes of at least 4 members (excludes halogenated alkanes) is 1. The predicted molar refractivity (Wildman–Crippen MR) is 89.9 cm³/mol. The highest BCUT2D eigenvalue weighted by Crippen LogP contribution is 2.27. The summed E-state index contributed by atoms with van der Waals surface area (Å²) in [4.78, 5) is 11.6. The zero-order valence-corrected chi connectivity index (χ0v) is 13.6. The molecule has 0 aliphatic carbocycles. The van der Waals surface area contributed by atoms with Crippen molar-refractivity contribution in [3.63, 3.8) is 0 Å². The van der Waals surface area contributed by atoms with Crippen LogP contribution in [0.2, 0.25) is 10.0 Å². The molecule has 2 aromatic rings. The number of carbonyl (C=O) groups excluding carboxylic acids is 1. The van der Waals surface area contributed by atoms with E-state index in [0.29, 0.717) is 33.8 Å². The SMILES string of the molecule is CCCCC(=O)Nc1ccc(Nc2cc(Cl)ccc2Cl)nn1. The zero-order valence-electron chi connectivity index (χ0n) is 12.1. The molecule has 0 spiro atoms. The van der Waals surface area contributed by atoms with Crippen LogP contribution in [-0.4, -0.2) is 16.1 Å². The van der Waals surface area contributed by atoms with E-state index in [1.165, 1.54) is 0 Å². The van der Waals surface area contributed by atoms with Crippen LogP contribution in [-0.2, 0) is 4.79 Å². The van der Waals surface area contributed by atoms with Gasteiger partial charge in [0.25, 0.3) is 0 Å². The van der Waals surface area contributed by atoms with Gasteiger partial charge in [0, 0.05) is 11.4 Å². The highest BCUT2D eigenvalue weighted by atomic mass is 35.5. The second-order valence-electron chi connectivity index (χ2n) is 4.70. The van der Waals surface area contributed by atoms with E-state index in [9.17, 15) is 4.79 Å². The van der Waals surface area contributed by atoms with E-state index in [0.717, 1.165) is 12.8 Å². The smallest absolute Gasteiger partial charge is 0.225 e. The van der Waals surface area contributed by atoms with Crippen LogP contribution in [0.25, 0.3) is 0 Å². The van der Waals surface area contributed by atoms with Crippen molar-refractivity contribution in [3.8, 4) is 0 Å². The molecule has 7 heteroatoms. The number of hydrogen-bond acceptors (Lipinski definition) is 4. The normalized spacial score (nSPS) is 10.3. The fraction of sp³-hybridized carbons (Fsp3) is 0.267. The first kappa shape index (κ1) is 16.5. The van der Waals surface area contributed by atoms with Gasteiger partial charge in [-0.2, -0.15) is 0 Å². The highest BCUT2D eigenvalue weighted by molar-refractivity contribution is 6.35. The molecule has 2 N–H and O–H groups in total. The lowest BCUT2D eigenvalue weighted by molar-refractivity contribution is -0.116. The number of amides is 1. The molecule has 0 aliphatic rings. The fourth-order valence-corrected chi connectivity index (χ4v) is 2.08. The molecule has 0 fully saturated rings. The summed E-state index contributed by atoms with van der Waals surface area (Å²) < 4.78 is 0. The van der Waals surface area contributed by atoms with Gasteiger partial charge in [-0.05, 0) is 36.8 Å². The van der Waals surface area contributed by atoms with Crippen LogP contribution < -0.4 is 10.6 Å². The molecule has 0 saturated heterocycles. The van der Waals surface area contributed by atoms with Crippen molar-refractivity contribution in [2.24, 2.45) is 0 Å². The molecule has 116 valence electrons. The van der Waals surface area contributed by atoms with Gasteiger partial charge in [0.2, 0.25) is 5.91 Å². The molecule has 1 aromatic heterocycles. The fourth-order valence-electron chi connectivity index (χ4n) is 1.74. The van der Waals surface area contributed by atoms with Crippen LogP contribution in [0.5, 0.6) is 0 Å². The third kappa shape index (κ3) is 4.86. The van der Waals surface area contributed by atoms with Crippen LogP contribution in [0.15, 0.2) is 30.3 Å². The van der Waals surface area contributed by atoms with Crippen molar-refractivity contribution in [1.29, 1.82) is 0 Å². The van der Waals surface area contributed by atoms with Crippen LogP contribution in [0.4, 0.5) is 17.3 Å². The number of anilines is 3. The number of rotatable bonds is 6. The van der Waals surface area contributed by atoms with Gasteiger partial charge in [-0.25, -0.2) is 0 Å². The first-order chi connectivity index (χ1) is 10.6. The average Bonchev–Trinajstić information content (AvgIpc) is 2.51. The van der Waals surface area contributed by atoms with Crippen LogP contribution in [0.1, 0.15) is 26.2 Å². The summed E-state index contributed by atoms with van der Waals surface area (Å²) in [6, 6.07) is 8.49. The van der Waals surface area contributed by atoms with Crippen molar-refractivity contribution in [3.05, 3.63) is 40.4 Å².